The van der Waals surface area contributed by atoms with Gasteiger partial charge in [-0.1, -0.05) is 0 Å². The highest BCUT2D eigenvalue weighted by Gasteiger charge is 2.18. The number of aliphatic hydroxyl groups excluding tert-OH is 1. The van der Waals surface area contributed by atoms with Gasteiger partial charge in [-0.15, -0.1) is 11.3 Å². The lowest BCUT2D eigenvalue weighted by Gasteiger charge is -2.29. The Morgan fingerprint density at radius 2 is 2.50 bits per heavy atom. The molecule has 0 radical (unpaired) electrons. The van der Waals surface area contributed by atoms with E-state index < -0.39 is 0 Å². The van der Waals surface area contributed by atoms with Gasteiger partial charge in [-0.05, 0) is 43.3 Å². The van der Waals surface area contributed by atoms with Crippen molar-refractivity contribution >= 4 is 11.3 Å². The molecule has 1 fully saturated rings. The molecule has 0 unspecified atom stereocenters. The molecular weight excluding hydrogens is 194 g/mol. The topological polar surface area (TPSA) is 23.5 Å². The van der Waals surface area contributed by atoms with E-state index in [0.717, 1.165) is 32.5 Å². The summed E-state index contributed by atoms with van der Waals surface area (Å²) in [4.78, 5) is 3.80. The second kappa shape index (κ2) is 4.43. The van der Waals surface area contributed by atoms with E-state index >= 15 is 0 Å². The van der Waals surface area contributed by atoms with Crippen LogP contribution in [0.5, 0.6) is 0 Å². The number of rotatable bonds is 2. The zero-order valence-corrected chi connectivity index (χ0v) is 9.39. The van der Waals surface area contributed by atoms with Crippen molar-refractivity contribution in [3.63, 3.8) is 0 Å². The summed E-state index contributed by atoms with van der Waals surface area (Å²) in [5.41, 5.74) is 1.38. The number of β-amino-alcohol motifs (C(OH)–C–C–N with tert-alkyl or cyclic N) is 1. The molecule has 1 saturated heterocycles. The predicted molar refractivity (Wildman–Crippen MR) is 59.6 cm³/mol. The lowest BCUT2D eigenvalue weighted by atomic mass is 10.1. The summed E-state index contributed by atoms with van der Waals surface area (Å²) in [6.45, 7) is 5.15. The number of aliphatic hydroxyl groups is 1. The van der Waals surface area contributed by atoms with Crippen molar-refractivity contribution in [1.82, 2.24) is 4.90 Å². The number of piperidine rings is 1. The Morgan fingerprint density at radius 1 is 1.64 bits per heavy atom. The van der Waals surface area contributed by atoms with Crippen molar-refractivity contribution in [2.45, 2.75) is 32.4 Å². The fraction of sp³-hybridized carbons (Fsp3) is 0.636. The summed E-state index contributed by atoms with van der Waals surface area (Å²) in [6, 6.07) is 2.17. The molecule has 2 heterocycles. The highest BCUT2D eigenvalue weighted by molar-refractivity contribution is 7.10. The van der Waals surface area contributed by atoms with Crippen molar-refractivity contribution in [3.8, 4) is 0 Å². The average Bonchev–Trinajstić information content (AvgIpc) is 2.52. The van der Waals surface area contributed by atoms with Gasteiger partial charge in [-0.3, -0.25) is 4.90 Å². The van der Waals surface area contributed by atoms with Crippen molar-refractivity contribution in [3.05, 3.63) is 21.9 Å². The predicted octanol–water partition coefficient (Wildman–Crippen LogP) is 2.01. The van der Waals surface area contributed by atoms with Gasteiger partial charge in [0.1, 0.15) is 0 Å². The number of hydrogen-bond acceptors (Lipinski definition) is 3. The molecule has 2 nitrogen and oxygen atoms in total. The second-order valence-electron chi connectivity index (χ2n) is 4.06. The molecule has 1 aromatic rings. The SMILES string of the molecule is Cc1ccsc1CN1CCC[C@H](O)C1. The van der Waals surface area contributed by atoms with Gasteiger partial charge in [0, 0.05) is 18.0 Å². The fourth-order valence-electron chi connectivity index (χ4n) is 1.94. The van der Waals surface area contributed by atoms with E-state index in [-0.39, 0.29) is 6.10 Å². The van der Waals surface area contributed by atoms with Crippen LogP contribution in [0.25, 0.3) is 0 Å². The Kier molecular flexibility index (Phi) is 3.21. The van der Waals surface area contributed by atoms with Gasteiger partial charge in [0.25, 0.3) is 0 Å². The first kappa shape index (κ1) is 10.1. The van der Waals surface area contributed by atoms with Crippen molar-refractivity contribution in [1.29, 1.82) is 0 Å². The molecule has 1 N–H and O–H groups in total. The summed E-state index contributed by atoms with van der Waals surface area (Å²) >= 11 is 1.82. The molecule has 0 aromatic carbocycles. The molecule has 0 spiro atoms. The van der Waals surface area contributed by atoms with Crippen LogP contribution in [0, 0.1) is 6.92 Å². The molecular formula is C11H17NOS. The van der Waals surface area contributed by atoms with Crippen LogP contribution in [-0.2, 0) is 6.54 Å². The van der Waals surface area contributed by atoms with E-state index in [1.807, 2.05) is 11.3 Å². The maximum Gasteiger partial charge on any atom is 0.0667 e. The van der Waals surface area contributed by atoms with Crippen LogP contribution in [0.15, 0.2) is 11.4 Å². The van der Waals surface area contributed by atoms with Gasteiger partial charge in [-0.25, -0.2) is 0 Å². The minimum Gasteiger partial charge on any atom is -0.392 e. The van der Waals surface area contributed by atoms with Gasteiger partial charge in [-0.2, -0.15) is 0 Å². The quantitative estimate of drug-likeness (QED) is 0.809. The van der Waals surface area contributed by atoms with Gasteiger partial charge in [0.2, 0.25) is 0 Å². The van der Waals surface area contributed by atoms with Crippen LogP contribution >= 0.6 is 11.3 Å². The van der Waals surface area contributed by atoms with Crippen LogP contribution in [0.1, 0.15) is 23.3 Å². The van der Waals surface area contributed by atoms with E-state index in [1.165, 1.54) is 10.4 Å². The molecule has 1 aliphatic rings. The standard InChI is InChI=1S/C11H17NOS/c1-9-4-6-14-11(9)8-12-5-2-3-10(13)7-12/h4,6,10,13H,2-3,5,7-8H2,1H3/t10-/m0/s1. The van der Waals surface area contributed by atoms with Gasteiger partial charge in [0.05, 0.1) is 6.10 Å². The number of aryl methyl sites for hydroxylation is 1. The Bertz CT molecular complexity index is 297. The third kappa shape index (κ3) is 2.35. The number of likely N-dealkylation sites (tertiary alicyclic amines) is 1. The third-order valence-corrected chi connectivity index (χ3v) is 3.82. The van der Waals surface area contributed by atoms with Crippen LogP contribution in [-0.4, -0.2) is 29.2 Å². The second-order valence-corrected chi connectivity index (χ2v) is 5.06. The van der Waals surface area contributed by atoms with Crippen molar-refractivity contribution < 1.29 is 5.11 Å². The number of hydrogen-bond donors (Lipinski definition) is 1. The zero-order chi connectivity index (χ0) is 9.97. The highest BCUT2D eigenvalue weighted by atomic mass is 32.1. The maximum atomic E-state index is 9.54. The summed E-state index contributed by atoms with van der Waals surface area (Å²) < 4.78 is 0. The lowest BCUT2D eigenvalue weighted by Crippen LogP contribution is -2.37. The van der Waals surface area contributed by atoms with Gasteiger partial charge < -0.3 is 5.11 Å². The number of nitrogens with zero attached hydrogens (tertiary/aromatic N) is 1. The largest absolute Gasteiger partial charge is 0.392 e. The number of thiophene rings is 1. The summed E-state index contributed by atoms with van der Waals surface area (Å²) in [6.07, 6.45) is 2.00. The molecule has 3 heteroatoms. The van der Waals surface area contributed by atoms with E-state index in [1.54, 1.807) is 0 Å². The molecule has 0 bridgehead atoms. The van der Waals surface area contributed by atoms with E-state index in [4.69, 9.17) is 0 Å². The Hall–Kier alpha value is -0.380. The molecule has 2 rings (SSSR count). The molecule has 0 amide bonds. The molecule has 0 aliphatic carbocycles. The summed E-state index contributed by atoms with van der Waals surface area (Å²) in [5.74, 6) is 0. The fourth-order valence-corrected chi connectivity index (χ4v) is 2.89. The lowest BCUT2D eigenvalue weighted by molar-refractivity contribution is 0.0673. The third-order valence-electron chi connectivity index (χ3n) is 2.82. The van der Waals surface area contributed by atoms with Crippen LogP contribution in [0.4, 0.5) is 0 Å². The van der Waals surface area contributed by atoms with E-state index in [9.17, 15) is 5.11 Å². The monoisotopic (exact) mass is 211 g/mol. The van der Waals surface area contributed by atoms with Gasteiger partial charge >= 0.3 is 0 Å². The molecule has 14 heavy (non-hydrogen) atoms. The first-order valence-corrected chi connectivity index (χ1v) is 6.07. The van der Waals surface area contributed by atoms with Crippen LogP contribution in [0.2, 0.25) is 0 Å². The van der Waals surface area contributed by atoms with Crippen LogP contribution in [0.3, 0.4) is 0 Å². The Morgan fingerprint density at radius 3 is 3.14 bits per heavy atom. The molecule has 1 aromatic heterocycles. The van der Waals surface area contributed by atoms with Crippen molar-refractivity contribution in [2.24, 2.45) is 0 Å². The maximum absolute atomic E-state index is 9.54. The first-order chi connectivity index (χ1) is 6.75. The normalized spacial score (nSPS) is 24.0. The minimum absolute atomic E-state index is 0.107. The van der Waals surface area contributed by atoms with Crippen molar-refractivity contribution in [2.75, 3.05) is 13.1 Å². The van der Waals surface area contributed by atoms with E-state index in [0.29, 0.717) is 0 Å². The van der Waals surface area contributed by atoms with Gasteiger partial charge in [0.15, 0.2) is 0 Å². The molecule has 1 aliphatic heterocycles. The highest BCUT2D eigenvalue weighted by Crippen LogP contribution is 2.20. The van der Waals surface area contributed by atoms with E-state index in [2.05, 4.69) is 23.3 Å². The zero-order valence-electron chi connectivity index (χ0n) is 8.57. The Balaban J connectivity index is 1.94. The van der Waals surface area contributed by atoms with Crippen LogP contribution < -0.4 is 0 Å². The average molecular weight is 211 g/mol. The molecule has 78 valence electrons. The smallest absolute Gasteiger partial charge is 0.0667 e. The first-order valence-electron chi connectivity index (χ1n) is 5.19. The molecule has 1 atom stereocenters. The molecule has 0 saturated carbocycles. The minimum atomic E-state index is -0.107. The summed E-state index contributed by atoms with van der Waals surface area (Å²) in [5, 5.41) is 11.7. The Labute approximate surface area is 89.2 Å². The summed E-state index contributed by atoms with van der Waals surface area (Å²) in [7, 11) is 0.